The smallest absolute Gasteiger partial charge is 0.346 e. The monoisotopic (exact) mass is 292 g/mol. The van der Waals surface area contributed by atoms with Crippen LogP contribution in [0.2, 0.25) is 0 Å². The number of anilines is 1. The van der Waals surface area contributed by atoms with Crippen molar-refractivity contribution in [3.05, 3.63) is 24.3 Å². The Morgan fingerprint density at radius 2 is 1.90 bits per heavy atom. The van der Waals surface area contributed by atoms with E-state index in [1.54, 1.807) is 29.2 Å². The Hall–Kier alpha value is -2.28. The first-order valence-corrected chi connectivity index (χ1v) is 6.79. The number of urea groups is 1. The maximum atomic E-state index is 12.6. The van der Waals surface area contributed by atoms with E-state index in [-0.39, 0.29) is 12.6 Å². The van der Waals surface area contributed by atoms with E-state index >= 15 is 0 Å². The molecular formula is C14H16N2O5. The van der Waals surface area contributed by atoms with Crippen molar-refractivity contribution in [2.24, 2.45) is 0 Å². The van der Waals surface area contributed by atoms with Crippen LogP contribution in [0.15, 0.2) is 24.3 Å². The number of carboxylic acid groups (broad SMARTS) is 1. The third-order valence-electron chi connectivity index (χ3n) is 3.56. The lowest BCUT2D eigenvalue weighted by Gasteiger charge is -2.37. The first-order valence-electron chi connectivity index (χ1n) is 6.79. The molecule has 0 aromatic heterocycles. The predicted molar refractivity (Wildman–Crippen MR) is 73.6 cm³/mol. The van der Waals surface area contributed by atoms with Crippen LogP contribution in [0.4, 0.5) is 10.5 Å². The molecule has 1 N–H and O–H groups in total. The minimum atomic E-state index is -1.08. The second-order valence-electron chi connectivity index (χ2n) is 4.91. The normalized spacial score (nSPS) is 21.4. The van der Waals surface area contributed by atoms with Crippen molar-refractivity contribution in [1.82, 2.24) is 4.90 Å². The summed E-state index contributed by atoms with van der Waals surface area (Å²) in [6.07, 6.45) is -1.05. The van der Waals surface area contributed by atoms with Crippen LogP contribution >= 0.6 is 0 Å². The molecule has 0 bridgehead atoms. The van der Waals surface area contributed by atoms with Gasteiger partial charge < -0.3 is 19.5 Å². The van der Waals surface area contributed by atoms with E-state index in [1.807, 2.05) is 0 Å². The van der Waals surface area contributed by atoms with Gasteiger partial charge in [0.1, 0.15) is 5.75 Å². The number of nitrogens with zero attached hydrogens (tertiary/aromatic N) is 2. The summed E-state index contributed by atoms with van der Waals surface area (Å²) in [6.45, 7) is 2.02. The van der Waals surface area contributed by atoms with Gasteiger partial charge in [0, 0.05) is 13.1 Å². The summed E-state index contributed by atoms with van der Waals surface area (Å²) in [7, 11) is 0. The van der Waals surface area contributed by atoms with Gasteiger partial charge >= 0.3 is 12.0 Å². The molecule has 1 atom stereocenters. The quantitative estimate of drug-likeness (QED) is 0.828. The Morgan fingerprint density at radius 3 is 2.62 bits per heavy atom. The van der Waals surface area contributed by atoms with Crippen molar-refractivity contribution in [2.75, 3.05) is 37.7 Å². The van der Waals surface area contributed by atoms with Crippen molar-refractivity contribution in [3.8, 4) is 5.75 Å². The molecule has 7 nitrogen and oxygen atoms in total. The zero-order valence-corrected chi connectivity index (χ0v) is 11.4. The second-order valence-corrected chi connectivity index (χ2v) is 4.91. The minimum Gasteiger partial charge on any atom is -0.478 e. The Morgan fingerprint density at radius 1 is 1.19 bits per heavy atom. The molecule has 7 heteroatoms. The molecule has 1 aromatic carbocycles. The largest absolute Gasteiger partial charge is 0.478 e. The van der Waals surface area contributed by atoms with Gasteiger partial charge in [-0.25, -0.2) is 9.59 Å². The van der Waals surface area contributed by atoms with Crippen molar-refractivity contribution < 1.29 is 24.2 Å². The topological polar surface area (TPSA) is 79.3 Å². The number of para-hydroxylation sites is 2. The van der Waals surface area contributed by atoms with Crippen molar-refractivity contribution in [1.29, 1.82) is 0 Å². The molecule has 3 rings (SSSR count). The van der Waals surface area contributed by atoms with Gasteiger partial charge in [-0.3, -0.25) is 4.90 Å². The van der Waals surface area contributed by atoms with Crippen LogP contribution in [0.1, 0.15) is 0 Å². The second kappa shape index (κ2) is 5.61. The van der Waals surface area contributed by atoms with Crippen LogP contribution in [0.25, 0.3) is 0 Å². The molecular weight excluding hydrogens is 276 g/mol. The molecule has 0 spiro atoms. The molecule has 1 aromatic rings. The zero-order valence-electron chi connectivity index (χ0n) is 11.4. The van der Waals surface area contributed by atoms with Gasteiger partial charge in [-0.15, -0.1) is 0 Å². The van der Waals surface area contributed by atoms with Gasteiger partial charge in [0.15, 0.2) is 0 Å². The SMILES string of the molecule is O=C(O)C1CN(C(=O)N2CCOCC2)c2ccccc2O1. The van der Waals surface area contributed by atoms with Crippen LogP contribution in [0.3, 0.4) is 0 Å². The van der Waals surface area contributed by atoms with E-state index in [0.717, 1.165) is 0 Å². The van der Waals surface area contributed by atoms with Crippen molar-refractivity contribution in [2.45, 2.75) is 6.10 Å². The maximum absolute atomic E-state index is 12.6. The molecule has 1 saturated heterocycles. The molecule has 2 heterocycles. The fourth-order valence-corrected chi connectivity index (χ4v) is 2.47. The molecule has 0 radical (unpaired) electrons. The third kappa shape index (κ3) is 2.64. The van der Waals surface area contributed by atoms with Crippen LogP contribution in [-0.4, -0.2) is 61.0 Å². The van der Waals surface area contributed by atoms with Gasteiger partial charge in [-0.1, -0.05) is 12.1 Å². The summed E-state index contributed by atoms with van der Waals surface area (Å²) >= 11 is 0. The van der Waals surface area contributed by atoms with E-state index in [9.17, 15) is 14.7 Å². The Bertz CT molecular complexity index is 556. The molecule has 21 heavy (non-hydrogen) atoms. The molecule has 1 unspecified atom stereocenters. The lowest BCUT2D eigenvalue weighted by Crippen LogP contribution is -2.53. The highest BCUT2D eigenvalue weighted by Gasteiger charge is 2.35. The van der Waals surface area contributed by atoms with E-state index < -0.39 is 12.1 Å². The number of rotatable bonds is 1. The first-order chi connectivity index (χ1) is 10.2. The number of morpholine rings is 1. The van der Waals surface area contributed by atoms with Crippen LogP contribution in [0.5, 0.6) is 5.75 Å². The van der Waals surface area contributed by atoms with E-state index in [4.69, 9.17) is 9.47 Å². The summed E-state index contributed by atoms with van der Waals surface area (Å²) < 4.78 is 10.7. The highest BCUT2D eigenvalue weighted by atomic mass is 16.5. The minimum absolute atomic E-state index is 0.00252. The standard InChI is InChI=1S/C14H16N2O5/c17-13(18)12-9-16(10-3-1-2-4-11(10)21-12)14(19)15-5-7-20-8-6-15/h1-4,12H,5-9H2,(H,17,18). The van der Waals surface area contributed by atoms with Gasteiger partial charge in [0.05, 0.1) is 25.4 Å². The number of amides is 2. The summed E-state index contributed by atoms with van der Waals surface area (Å²) in [5.74, 6) is -0.665. The fourth-order valence-electron chi connectivity index (χ4n) is 2.47. The molecule has 112 valence electrons. The summed E-state index contributed by atoms with van der Waals surface area (Å²) in [4.78, 5) is 27.0. The maximum Gasteiger partial charge on any atom is 0.346 e. The van der Waals surface area contributed by atoms with Gasteiger partial charge in [-0.05, 0) is 12.1 Å². The Kier molecular flexibility index (Phi) is 3.66. The van der Waals surface area contributed by atoms with Gasteiger partial charge in [0.25, 0.3) is 0 Å². The average molecular weight is 292 g/mol. The van der Waals surface area contributed by atoms with Crippen LogP contribution in [0, 0.1) is 0 Å². The van der Waals surface area contributed by atoms with Gasteiger partial charge in [0.2, 0.25) is 6.10 Å². The highest BCUT2D eigenvalue weighted by molar-refractivity contribution is 5.95. The Balaban J connectivity index is 1.88. The lowest BCUT2D eigenvalue weighted by molar-refractivity contribution is -0.144. The molecule has 2 aliphatic rings. The van der Waals surface area contributed by atoms with Gasteiger partial charge in [-0.2, -0.15) is 0 Å². The highest BCUT2D eigenvalue weighted by Crippen LogP contribution is 2.33. The molecule has 2 aliphatic heterocycles. The van der Waals surface area contributed by atoms with Crippen LogP contribution < -0.4 is 9.64 Å². The number of hydrogen-bond donors (Lipinski definition) is 1. The summed E-state index contributed by atoms with van der Waals surface area (Å²) in [5.41, 5.74) is 0.603. The number of benzene rings is 1. The van der Waals surface area contributed by atoms with E-state index in [0.29, 0.717) is 37.7 Å². The molecule has 0 saturated carbocycles. The number of carboxylic acids is 1. The third-order valence-corrected chi connectivity index (χ3v) is 3.56. The van der Waals surface area contributed by atoms with E-state index in [1.165, 1.54) is 4.90 Å². The molecule has 1 fully saturated rings. The number of carbonyl (C=O) groups is 2. The fraction of sp³-hybridized carbons (Fsp3) is 0.429. The molecule has 0 aliphatic carbocycles. The van der Waals surface area contributed by atoms with Crippen molar-refractivity contribution in [3.63, 3.8) is 0 Å². The molecule has 2 amide bonds. The summed E-state index contributed by atoms with van der Waals surface area (Å²) in [6, 6.07) is 6.76. The van der Waals surface area contributed by atoms with Crippen molar-refractivity contribution >= 4 is 17.7 Å². The first kappa shape index (κ1) is 13.7. The Labute approximate surface area is 121 Å². The predicted octanol–water partition coefficient (Wildman–Crippen LogP) is 0.791. The average Bonchev–Trinajstić information content (AvgIpc) is 2.54. The number of hydrogen-bond acceptors (Lipinski definition) is 4. The van der Waals surface area contributed by atoms with Crippen LogP contribution in [-0.2, 0) is 9.53 Å². The number of fused-ring (bicyclic) bond motifs is 1. The number of ether oxygens (including phenoxy) is 2. The zero-order chi connectivity index (χ0) is 14.8. The number of carbonyl (C=O) groups excluding carboxylic acids is 1. The number of aliphatic carboxylic acids is 1. The summed E-state index contributed by atoms with van der Waals surface area (Å²) in [5, 5.41) is 9.18. The van der Waals surface area contributed by atoms with E-state index in [2.05, 4.69) is 0 Å². The lowest BCUT2D eigenvalue weighted by atomic mass is 10.2.